The molecule has 0 spiro atoms. The third kappa shape index (κ3) is 3.24. The Morgan fingerprint density at radius 1 is 0.560 bits per heavy atom. The summed E-state index contributed by atoms with van der Waals surface area (Å²) in [5.74, 6) is -20.1. The second kappa shape index (κ2) is 6.61. The summed E-state index contributed by atoms with van der Waals surface area (Å²) < 4.78 is 106. The van der Waals surface area contributed by atoms with Crippen molar-refractivity contribution in [1.29, 1.82) is 0 Å². The van der Waals surface area contributed by atoms with Crippen LogP contribution in [0.2, 0.25) is 0 Å². The molecule has 2 aromatic rings. The lowest BCUT2D eigenvalue weighted by atomic mass is 9.99. The lowest BCUT2D eigenvalue weighted by Crippen LogP contribution is -2.17. The molecule has 0 amide bonds. The van der Waals surface area contributed by atoms with Gasteiger partial charge in [0.15, 0.2) is 58.1 Å². The first-order chi connectivity index (χ1) is 11.6. The van der Waals surface area contributed by atoms with Crippen LogP contribution in [0.25, 0.3) is 0 Å². The van der Waals surface area contributed by atoms with Crippen molar-refractivity contribution in [2.24, 2.45) is 0 Å². The summed E-state index contributed by atoms with van der Waals surface area (Å²) in [6.45, 7) is 0. The van der Waals surface area contributed by atoms with Gasteiger partial charge in [-0.1, -0.05) is 0 Å². The first kappa shape index (κ1) is 18.6. The molecule has 0 heterocycles. The van der Waals surface area contributed by atoms with Crippen molar-refractivity contribution in [3.05, 3.63) is 69.8 Å². The van der Waals surface area contributed by atoms with Crippen LogP contribution in [-0.2, 0) is 0 Å². The van der Waals surface area contributed by atoms with Crippen LogP contribution in [-0.4, -0.2) is 11.6 Å². The SMILES string of the molecule is O=C(CC(=O)c1c(F)c(F)cc(F)c1F)c1c(F)c(F)cc(F)c1F. The Balaban J connectivity index is 2.46. The van der Waals surface area contributed by atoms with Crippen molar-refractivity contribution in [3.63, 3.8) is 0 Å². The molecule has 0 saturated heterocycles. The molecular formula is C15H4F8O2. The van der Waals surface area contributed by atoms with Gasteiger partial charge in [0.1, 0.15) is 0 Å². The zero-order valence-corrected chi connectivity index (χ0v) is 11.7. The Hall–Kier alpha value is -2.78. The second-order valence-corrected chi connectivity index (χ2v) is 4.71. The molecule has 132 valence electrons. The lowest BCUT2D eigenvalue weighted by molar-refractivity contribution is 0.0882. The van der Waals surface area contributed by atoms with Crippen LogP contribution in [0.3, 0.4) is 0 Å². The van der Waals surface area contributed by atoms with E-state index in [1.54, 1.807) is 0 Å². The fraction of sp³-hybridized carbons (Fsp3) is 0.0667. The minimum atomic E-state index is -2.14. The predicted octanol–water partition coefficient (Wildman–Crippen LogP) is 4.26. The van der Waals surface area contributed by atoms with Crippen LogP contribution in [0.5, 0.6) is 0 Å². The predicted molar refractivity (Wildman–Crippen MR) is 65.8 cm³/mol. The maximum absolute atomic E-state index is 13.5. The number of hydrogen-bond acceptors (Lipinski definition) is 2. The van der Waals surface area contributed by atoms with E-state index in [1.807, 2.05) is 0 Å². The van der Waals surface area contributed by atoms with Gasteiger partial charge in [0.05, 0.1) is 17.5 Å². The van der Waals surface area contributed by atoms with Crippen molar-refractivity contribution < 1.29 is 44.7 Å². The van der Waals surface area contributed by atoms with Crippen LogP contribution in [0, 0.1) is 46.5 Å². The molecule has 0 aliphatic heterocycles. The molecule has 0 fully saturated rings. The molecule has 0 aliphatic rings. The van der Waals surface area contributed by atoms with E-state index in [-0.39, 0.29) is 12.1 Å². The normalized spacial score (nSPS) is 10.9. The Morgan fingerprint density at radius 2 is 0.800 bits per heavy atom. The average Bonchev–Trinajstić information content (AvgIpc) is 2.51. The number of carbonyl (C=O) groups excluding carboxylic acids is 2. The molecule has 0 bridgehead atoms. The zero-order chi connectivity index (χ0) is 19.0. The van der Waals surface area contributed by atoms with Gasteiger partial charge in [-0.25, -0.2) is 35.1 Å². The van der Waals surface area contributed by atoms with Gasteiger partial charge in [-0.05, 0) is 0 Å². The molecule has 2 aromatic carbocycles. The molecule has 0 saturated carbocycles. The van der Waals surface area contributed by atoms with Gasteiger partial charge in [0.2, 0.25) is 0 Å². The Morgan fingerprint density at radius 3 is 1.04 bits per heavy atom. The van der Waals surface area contributed by atoms with Gasteiger partial charge < -0.3 is 0 Å². The van der Waals surface area contributed by atoms with Gasteiger partial charge in [0, 0.05) is 12.1 Å². The number of hydrogen-bond donors (Lipinski definition) is 0. The van der Waals surface area contributed by atoms with Gasteiger partial charge in [-0.2, -0.15) is 0 Å². The monoisotopic (exact) mass is 368 g/mol. The standard InChI is InChI=1S/C15H4F8O2/c16-4-1-5(17)13(21)10(12(4)20)8(24)3-9(25)11-14(22)6(18)2-7(19)15(11)23/h1-2H,3H2. The van der Waals surface area contributed by atoms with E-state index in [4.69, 9.17) is 0 Å². The second-order valence-electron chi connectivity index (χ2n) is 4.71. The van der Waals surface area contributed by atoms with Crippen LogP contribution in [0.4, 0.5) is 35.1 Å². The van der Waals surface area contributed by atoms with Gasteiger partial charge >= 0.3 is 0 Å². The van der Waals surface area contributed by atoms with Crippen molar-refractivity contribution in [2.75, 3.05) is 0 Å². The molecule has 0 aliphatic carbocycles. The maximum atomic E-state index is 13.5. The van der Waals surface area contributed by atoms with Crippen LogP contribution < -0.4 is 0 Å². The lowest BCUT2D eigenvalue weighted by Gasteiger charge is -2.08. The summed E-state index contributed by atoms with van der Waals surface area (Å²) >= 11 is 0. The molecule has 0 atom stereocenters. The summed E-state index contributed by atoms with van der Waals surface area (Å²) in [7, 11) is 0. The van der Waals surface area contributed by atoms with E-state index in [0.29, 0.717) is 0 Å². The number of carbonyl (C=O) groups is 2. The van der Waals surface area contributed by atoms with E-state index in [9.17, 15) is 44.7 Å². The number of rotatable bonds is 4. The number of Topliss-reactive ketones (excluding diaryl/α,β-unsaturated/α-hetero) is 2. The number of halogens is 8. The minimum Gasteiger partial charge on any atom is -0.293 e. The van der Waals surface area contributed by atoms with Crippen LogP contribution in [0.15, 0.2) is 12.1 Å². The molecule has 0 N–H and O–H groups in total. The molecule has 0 radical (unpaired) electrons. The summed E-state index contributed by atoms with van der Waals surface area (Å²) in [5.41, 5.74) is -3.60. The van der Waals surface area contributed by atoms with Gasteiger partial charge in [0.25, 0.3) is 0 Å². The van der Waals surface area contributed by atoms with E-state index >= 15 is 0 Å². The fourth-order valence-corrected chi connectivity index (χ4v) is 1.96. The van der Waals surface area contributed by atoms with Crippen LogP contribution in [0.1, 0.15) is 27.1 Å². The smallest absolute Gasteiger partial charge is 0.176 e. The molecule has 0 aromatic heterocycles. The van der Waals surface area contributed by atoms with Crippen molar-refractivity contribution in [2.45, 2.75) is 6.42 Å². The molecule has 10 heteroatoms. The Labute approximate surface area is 133 Å². The first-order valence-corrected chi connectivity index (χ1v) is 6.28. The molecule has 2 rings (SSSR count). The van der Waals surface area contributed by atoms with Crippen molar-refractivity contribution in [1.82, 2.24) is 0 Å². The highest BCUT2D eigenvalue weighted by Gasteiger charge is 2.30. The third-order valence-corrected chi connectivity index (χ3v) is 3.10. The highest BCUT2D eigenvalue weighted by molar-refractivity contribution is 6.13. The quantitative estimate of drug-likeness (QED) is 0.350. The summed E-state index contributed by atoms with van der Waals surface area (Å²) in [6.07, 6.45) is -1.70. The van der Waals surface area contributed by atoms with Crippen molar-refractivity contribution >= 4 is 11.6 Å². The van der Waals surface area contributed by atoms with E-state index in [2.05, 4.69) is 0 Å². The maximum Gasteiger partial charge on any atom is 0.176 e. The van der Waals surface area contributed by atoms with Crippen LogP contribution >= 0.6 is 0 Å². The molecule has 0 unspecified atom stereocenters. The zero-order valence-electron chi connectivity index (χ0n) is 11.7. The molecule has 25 heavy (non-hydrogen) atoms. The number of ketones is 2. The number of benzene rings is 2. The molecule has 2 nitrogen and oxygen atoms in total. The van der Waals surface area contributed by atoms with Gasteiger partial charge in [-0.15, -0.1) is 0 Å². The minimum absolute atomic E-state index is 0.204. The Kier molecular flexibility index (Phi) is 4.91. The van der Waals surface area contributed by atoms with E-state index in [0.717, 1.165) is 0 Å². The van der Waals surface area contributed by atoms with E-state index in [1.165, 1.54) is 0 Å². The topological polar surface area (TPSA) is 34.1 Å². The highest BCUT2D eigenvalue weighted by atomic mass is 19.2. The molecular weight excluding hydrogens is 364 g/mol. The summed E-state index contributed by atoms with van der Waals surface area (Å²) in [5, 5.41) is 0. The highest BCUT2D eigenvalue weighted by Crippen LogP contribution is 2.24. The summed E-state index contributed by atoms with van der Waals surface area (Å²) in [6, 6.07) is -0.408. The largest absolute Gasteiger partial charge is 0.293 e. The van der Waals surface area contributed by atoms with Gasteiger partial charge in [-0.3, -0.25) is 9.59 Å². The first-order valence-electron chi connectivity index (χ1n) is 6.28. The average molecular weight is 368 g/mol. The fourth-order valence-electron chi connectivity index (χ4n) is 1.96. The van der Waals surface area contributed by atoms with Crippen molar-refractivity contribution in [3.8, 4) is 0 Å². The van der Waals surface area contributed by atoms with E-state index < -0.39 is 75.7 Å². The third-order valence-electron chi connectivity index (χ3n) is 3.10. The Bertz CT molecular complexity index is 781. The summed E-state index contributed by atoms with van der Waals surface area (Å²) in [4.78, 5) is 23.4.